The molecule has 0 radical (unpaired) electrons. The molecule has 0 aliphatic carbocycles. The molecule has 137 heavy (non-hydrogen) atoms. The van der Waals surface area contributed by atoms with Crippen LogP contribution in [0.25, 0.3) is 22.3 Å². The zero-order valence-electron chi connectivity index (χ0n) is 76.3. The minimum absolute atomic E-state index is 0.000324. The smallest absolute Gasteiger partial charge is 0.475 e. The predicted molar refractivity (Wildman–Crippen MR) is 501 cm³/mol. The minimum atomic E-state index is -3.43. The third-order valence-corrected chi connectivity index (χ3v) is 34.0. The number of rotatable bonds is 21. The zero-order valence-corrected chi connectivity index (χ0v) is 81.7. The van der Waals surface area contributed by atoms with Gasteiger partial charge in [0.2, 0.25) is 0 Å². The number of benzene rings is 10. The third-order valence-electron chi connectivity index (χ3n) is 26.0. The first-order chi connectivity index (χ1) is 65.4. The molecule has 0 spiro atoms. The first-order valence-corrected chi connectivity index (χ1v) is 53.1. The number of hydrogen-bond donors (Lipinski definition) is 0. The van der Waals surface area contributed by atoms with E-state index in [1.54, 1.807) is 43.5 Å². The molecule has 720 valence electrons. The van der Waals surface area contributed by atoms with Crippen molar-refractivity contribution in [3.8, 4) is 33.8 Å². The van der Waals surface area contributed by atoms with Gasteiger partial charge in [0.1, 0.15) is 70.0 Å². The number of carbonyl (C=O) groups is 5. The van der Waals surface area contributed by atoms with Crippen LogP contribution in [0.1, 0.15) is 103 Å². The molecule has 31 nitrogen and oxygen atoms in total. The standard InChI is InChI=1S/2C20H21O5P.C18H17O5P.C17H17O5P.C13H15O6P.C12H13O5P/c2*1-19(2,16-8-4-3-5-9-16)17-10-6-7-15(11-17)18(21)20-12-23-26(22,24-13-20)25-14-20;1-13-3-2-4-16(9-13)14-5-7-15(8-6-14)17(19)18-10-21-24(20,22-11-18)23-12-18;1-13-3-2-4-15(9-13)14-5-7-16(8-6-14)22-17-10-19-23(18,20-11-17)21-12-17;1-16-11-4-2-10(3-5-11)6-12(14)13-7-17-20(15,18-8-13)19-9-13;13-11(6-10-4-2-1-3-5-10)12-7-15-18(14,16-8-12)17-9-12/h2*3-11H,12-14H2,1-2H3;2-9H,10-12H2,1H3;2-9H,10-12H2,1H3;2-5H,6-9H2,1H3;1-5H,6-9H2. The number of phosphoric ester groups is 6. The lowest BCUT2D eigenvalue weighted by Crippen LogP contribution is -2.55. The van der Waals surface area contributed by atoms with Crippen molar-refractivity contribution in [2.24, 2.45) is 27.1 Å². The van der Waals surface area contributed by atoms with Crippen LogP contribution in [-0.2, 0) is 142 Å². The van der Waals surface area contributed by atoms with Gasteiger partial charge in [-0.15, -0.1) is 0 Å². The van der Waals surface area contributed by atoms with Crippen molar-refractivity contribution in [2.45, 2.75) is 70.8 Å². The van der Waals surface area contributed by atoms with Gasteiger partial charge in [-0.3, -0.25) is 105 Å². The molecule has 10 aromatic rings. The summed E-state index contributed by atoms with van der Waals surface area (Å²) in [5, 5.41) is 0. The van der Waals surface area contributed by atoms with E-state index in [4.69, 9.17) is 90.9 Å². The second-order valence-electron chi connectivity index (χ2n) is 36.8. The average Bonchev–Trinajstić information content (AvgIpc) is 0.746. The summed E-state index contributed by atoms with van der Waals surface area (Å²) >= 11 is 0. The Morgan fingerprint density at radius 3 is 0.861 bits per heavy atom. The van der Waals surface area contributed by atoms with E-state index in [-0.39, 0.29) is 165 Å². The van der Waals surface area contributed by atoms with Crippen LogP contribution in [0.5, 0.6) is 11.5 Å². The maximum atomic E-state index is 13.2. The largest absolute Gasteiger partial charge is 0.497 e. The molecule has 18 aliphatic heterocycles. The molecule has 0 N–H and O–H groups in total. The molecule has 0 aromatic heterocycles. The topological polar surface area (TPSA) is 372 Å². The van der Waals surface area contributed by atoms with Gasteiger partial charge in [0.25, 0.3) is 0 Å². The van der Waals surface area contributed by atoms with Gasteiger partial charge in [0.05, 0.1) is 106 Å². The van der Waals surface area contributed by atoms with Gasteiger partial charge in [-0.05, 0) is 106 Å². The number of methoxy groups -OCH3 is 1. The summed E-state index contributed by atoms with van der Waals surface area (Å²) in [6.07, 6.45) is 0.561. The van der Waals surface area contributed by atoms with Crippen molar-refractivity contribution in [3.05, 3.63) is 322 Å². The molecule has 18 fully saturated rings. The lowest BCUT2D eigenvalue weighted by molar-refractivity contribution is -0.150. The van der Waals surface area contributed by atoms with Crippen molar-refractivity contribution in [1.82, 2.24) is 0 Å². The Labute approximate surface area is 793 Å². The van der Waals surface area contributed by atoms with E-state index >= 15 is 0 Å². The molecular formula is C100H104O31P6. The Kier molecular flexibility index (Phi) is 29.1. The molecule has 0 saturated carbocycles. The quantitative estimate of drug-likeness (QED) is 0.0476. The minimum Gasteiger partial charge on any atom is -0.497 e. The van der Waals surface area contributed by atoms with Crippen LogP contribution in [0.2, 0.25) is 0 Å². The molecule has 37 heteroatoms. The van der Waals surface area contributed by atoms with E-state index in [9.17, 15) is 51.4 Å². The Bertz CT molecular complexity index is 6120. The van der Waals surface area contributed by atoms with Gasteiger partial charge in [-0.1, -0.05) is 263 Å². The van der Waals surface area contributed by atoms with Crippen molar-refractivity contribution >= 4 is 75.9 Å². The van der Waals surface area contributed by atoms with Crippen molar-refractivity contribution in [2.75, 3.05) is 126 Å². The van der Waals surface area contributed by atoms with Crippen molar-refractivity contribution in [3.63, 3.8) is 0 Å². The lowest BCUT2D eigenvalue weighted by Gasteiger charge is -2.43. The van der Waals surface area contributed by atoms with Gasteiger partial charge in [-0.25, -0.2) is 27.4 Å². The van der Waals surface area contributed by atoms with E-state index in [1.165, 1.54) is 27.8 Å². The summed E-state index contributed by atoms with van der Waals surface area (Å²) in [6.45, 7) is 14.6. The number of Topliss-reactive ketones (excluding diaryl/α,β-unsaturated/α-hetero) is 5. The summed E-state index contributed by atoms with van der Waals surface area (Å²) in [6, 6.07) is 84.3. The van der Waals surface area contributed by atoms with Crippen LogP contribution in [-0.4, -0.2) is 161 Å². The SMILES string of the molecule is CC(C)(c1ccccc1)c1cccc(C(=O)C23COP(=O)(OC2)OC3)c1.CC(C)(c1ccccc1)c1cccc(C(=O)C23COP(=O)(OC2)OC3)c1.COc1ccc(CC(=O)C23COP(=O)(OC2)OC3)cc1.Cc1cccc(-c2ccc(C(=O)C34COP(=O)(OC3)OC4)cc2)c1.Cc1cccc(-c2ccc(OC34COP(=O)(OC3)OC4)cc2)c1.O=C(Cc1ccccc1)C12COP(=O)(OC1)OC2. The van der Waals surface area contributed by atoms with Gasteiger partial charge >= 0.3 is 46.9 Å². The van der Waals surface area contributed by atoms with E-state index in [2.05, 4.69) is 83.1 Å². The van der Waals surface area contributed by atoms with Crippen molar-refractivity contribution in [1.29, 1.82) is 0 Å². The Balaban J connectivity index is 0.000000114. The van der Waals surface area contributed by atoms with Crippen LogP contribution in [0.15, 0.2) is 261 Å². The zero-order chi connectivity index (χ0) is 96.4. The number of ether oxygens (including phenoxy) is 2. The number of hydrogen-bond acceptors (Lipinski definition) is 31. The second kappa shape index (κ2) is 40.1. The normalized spacial score (nSPS) is 29.8. The summed E-state index contributed by atoms with van der Waals surface area (Å²) in [4.78, 5) is 64.0. The fourth-order valence-corrected chi connectivity index (χ4v) is 25.4. The highest BCUT2D eigenvalue weighted by Gasteiger charge is 2.60. The molecule has 28 rings (SSSR count). The molecular weight excluding hydrogens is 1880 g/mol. The predicted octanol–water partition coefficient (Wildman–Crippen LogP) is 20.7. The molecule has 0 atom stereocenters. The molecule has 18 aliphatic rings. The maximum absolute atomic E-state index is 13.2. The van der Waals surface area contributed by atoms with Gasteiger partial charge in [-0.2, -0.15) is 0 Å². The first kappa shape index (κ1) is 99.4. The van der Waals surface area contributed by atoms with Crippen LogP contribution in [0, 0.1) is 40.9 Å². The molecule has 18 heterocycles. The van der Waals surface area contributed by atoms with E-state index < -0.39 is 79.6 Å². The monoisotopic (exact) mass is 1990 g/mol. The lowest BCUT2D eigenvalue weighted by atomic mass is 9.76. The summed E-state index contributed by atoms with van der Waals surface area (Å²) in [5.74, 6) is 1.10. The summed E-state index contributed by atoms with van der Waals surface area (Å²) < 4.78 is 174. The number of fused-ring (bicyclic) bond motifs is 18. The highest BCUT2D eigenvalue weighted by molar-refractivity contribution is 7.50. The van der Waals surface area contributed by atoms with Crippen LogP contribution in [0.3, 0.4) is 0 Å². The van der Waals surface area contributed by atoms with E-state index in [1.807, 2.05) is 183 Å². The van der Waals surface area contributed by atoms with Crippen LogP contribution in [0.4, 0.5) is 0 Å². The number of carbonyl (C=O) groups excluding carboxylic acids is 5. The number of phosphoric acid groups is 6. The molecule has 10 aromatic carbocycles. The fraction of sp³-hybridized carbons (Fsp3) is 0.350. The summed E-state index contributed by atoms with van der Waals surface area (Å²) in [7, 11) is -18.7. The fourth-order valence-electron chi connectivity index (χ4n) is 16.8. The van der Waals surface area contributed by atoms with E-state index in [0.717, 1.165) is 44.7 Å². The van der Waals surface area contributed by atoms with Crippen LogP contribution < -0.4 is 9.47 Å². The Hall–Kier alpha value is -9.19. The van der Waals surface area contributed by atoms with Gasteiger partial charge in [0, 0.05) is 40.4 Å². The molecule has 18 saturated heterocycles. The molecule has 0 unspecified atom stereocenters. The van der Waals surface area contributed by atoms with Crippen molar-refractivity contribution < 1.29 is 142 Å². The van der Waals surface area contributed by atoms with E-state index in [0.29, 0.717) is 28.9 Å². The Morgan fingerprint density at radius 2 is 0.540 bits per heavy atom. The van der Waals surface area contributed by atoms with Gasteiger partial charge < -0.3 is 9.47 Å². The average molecular weight is 1990 g/mol. The molecule has 12 bridgehead atoms. The second-order valence-corrected chi connectivity index (χ2v) is 46.8. The molecule has 0 amide bonds. The first-order valence-electron chi connectivity index (χ1n) is 44.4. The maximum Gasteiger partial charge on any atom is 0.475 e. The highest BCUT2D eigenvalue weighted by atomic mass is 31.2. The van der Waals surface area contributed by atoms with Crippen LogP contribution >= 0.6 is 46.9 Å². The summed E-state index contributed by atoms with van der Waals surface area (Å²) in [5.41, 5.74) is 9.25. The third kappa shape index (κ3) is 22.0. The number of aryl methyl sites for hydroxylation is 2. The van der Waals surface area contributed by atoms with Gasteiger partial charge in [0.15, 0.2) is 23.0 Å². The Morgan fingerprint density at radius 1 is 0.270 bits per heavy atom. The highest BCUT2D eigenvalue weighted by Crippen LogP contribution is 2.66. The number of ketones is 5.